The lowest BCUT2D eigenvalue weighted by atomic mass is 10.2. The highest BCUT2D eigenvalue weighted by atomic mass is 32.1. The molecular weight excluding hydrogens is 252 g/mol. The van der Waals surface area contributed by atoms with E-state index in [1.807, 2.05) is 12.1 Å². The van der Waals surface area contributed by atoms with Crippen LogP contribution in [0.25, 0.3) is 0 Å². The van der Waals surface area contributed by atoms with Crippen molar-refractivity contribution in [1.29, 1.82) is 0 Å². The second kappa shape index (κ2) is 4.79. The Morgan fingerprint density at radius 1 is 1.28 bits per heavy atom. The smallest absolute Gasteiger partial charge is 0.236 e. The van der Waals surface area contributed by atoms with E-state index in [1.165, 1.54) is 0 Å². The molecule has 2 aliphatic rings. The number of thiol groups is 1. The molecule has 1 aromatic rings. The van der Waals surface area contributed by atoms with Gasteiger partial charge in [0.15, 0.2) is 5.82 Å². The zero-order chi connectivity index (χ0) is 12.5. The number of hydrogen-bond donors (Lipinski definition) is 3. The second-order valence-corrected chi connectivity index (χ2v) is 4.50. The molecule has 2 aliphatic heterocycles. The minimum absolute atomic E-state index is 0.522. The van der Waals surface area contributed by atoms with Gasteiger partial charge in [-0.1, -0.05) is 12.8 Å². The average Bonchev–Trinajstić information content (AvgIpc) is 2.80. The first-order valence-corrected chi connectivity index (χ1v) is 6.35. The number of fused-ring (bicyclic) bond motifs is 1. The van der Waals surface area contributed by atoms with Gasteiger partial charge in [0.2, 0.25) is 5.95 Å². The molecule has 1 aromatic heterocycles. The van der Waals surface area contributed by atoms with E-state index in [-0.39, 0.29) is 0 Å². The van der Waals surface area contributed by atoms with E-state index < -0.39 is 0 Å². The van der Waals surface area contributed by atoms with Crippen LogP contribution in [0.3, 0.4) is 0 Å². The molecule has 98 valence electrons. The zero-order valence-electron chi connectivity index (χ0n) is 10.2. The number of nitrogens with one attached hydrogen (secondary N) is 2. The van der Waals surface area contributed by atoms with Gasteiger partial charge < -0.3 is 14.4 Å². The minimum Gasteiger partial charge on any atom is -0.378 e. The van der Waals surface area contributed by atoms with Gasteiger partial charge in [-0.3, -0.25) is 5.01 Å². The van der Waals surface area contributed by atoms with E-state index in [1.54, 1.807) is 0 Å². The molecule has 0 radical (unpaired) electrons. The number of hydrogen-bond acceptors (Lipinski definition) is 8. The van der Waals surface area contributed by atoms with Crippen LogP contribution in [0.1, 0.15) is 5.56 Å². The Bertz CT molecular complexity index is 450. The topological polar surface area (TPSA) is 65.5 Å². The first kappa shape index (κ1) is 11.8. The molecule has 3 heterocycles. The van der Waals surface area contributed by atoms with Crippen LogP contribution in [0.4, 0.5) is 17.6 Å². The molecule has 0 amide bonds. The summed E-state index contributed by atoms with van der Waals surface area (Å²) in [6.07, 6.45) is 0. The first-order valence-electron chi connectivity index (χ1n) is 5.90. The standard InChI is InChI=1S/C10H16N6OS/c1-15-8-7(6-11-15)9(13-10(12-8)14-18)16-2-4-17-5-3-16/h11,18H,2-6H2,1H3,(H,12,13,14). The largest absolute Gasteiger partial charge is 0.378 e. The van der Waals surface area contributed by atoms with Gasteiger partial charge in [0.25, 0.3) is 0 Å². The van der Waals surface area contributed by atoms with Crippen LogP contribution >= 0.6 is 12.8 Å². The Labute approximate surface area is 111 Å². The summed E-state index contributed by atoms with van der Waals surface area (Å²) in [6.45, 7) is 3.96. The Morgan fingerprint density at radius 2 is 2.00 bits per heavy atom. The van der Waals surface area contributed by atoms with Gasteiger partial charge in [-0.05, 0) is 0 Å². The van der Waals surface area contributed by atoms with Crippen LogP contribution in [0.2, 0.25) is 0 Å². The number of anilines is 3. The summed E-state index contributed by atoms with van der Waals surface area (Å²) in [5.41, 5.74) is 4.37. The van der Waals surface area contributed by atoms with Crippen molar-refractivity contribution in [2.24, 2.45) is 0 Å². The monoisotopic (exact) mass is 268 g/mol. The zero-order valence-corrected chi connectivity index (χ0v) is 11.1. The maximum absolute atomic E-state index is 5.38. The Balaban J connectivity index is 2.01. The van der Waals surface area contributed by atoms with Crippen molar-refractivity contribution in [2.75, 3.05) is 48.0 Å². The summed E-state index contributed by atoms with van der Waals surface area (Å²) in [6, 6.07) is 0. The summed E-state index contributed by atoms with van der Waals surface area (Å²) in [5, 5.41) is 1.91. The molecule has 18 heavy (non-hydrogen) atoms. The maximum Gasteiger partial charge on any atom is 0.236 e. The van der Waals surface area contributed by atoms with Crippen molar-refractivity contribution in [3.05, 3.63) is 5.56 Å². The van der Waals surface area contributed by atoms with Gasteiger partial charge in [-0.15, -0.1) is 0 Å². The number of rotatable bonds is 2. The van der Waals surface area contributed by atoms with E-state index in [2.05, 4.69) is 37.8 Å². The molecule has 1 saturated heterocycles. The number of nitrogens with zero attached hydrogens (tertiary/aromatic N) is 4. The summed E-state index contributed by atoms with van der Waals surface area (Å²) in [5.74, 6) is 2.40. The number of aromatic nitrogens is 2. The lowest BCUT2D eigenvalue weighted by molar-refractivity contribution is 0.122. The van der Waals surface area contributed by atoms with Crippen LogP contribution in [0, 0.1) is 0 Å². The lowest BCUT2D eigenvalue weighted by Crippen LogP contribution is -2.37. The second-order valence-electron chi connectivity index (χ2n) is 4.28. The lowest BCUT2D eigenvalue weighted by Gasteiger charge is -2.29. The van der Waals surface area contributed by atoms with Crippen molar-refractivity contribution >= 4 is 30.4 Å². The van der Waals surface area contributed by atoms with Crippen molar-refractivity contribution in [2.45, 2.75) is 6.54 Å². The fourth-order valence-corrected chi connectivity index (χ4v) is 2.36. The third kappa shape index (κ3) is 1.96. The summed E-state index contributed by atoms with van der Waals surface area (Å²) in [4.78, 5) is 11.2. The predicted molar refractivity (Wildman–Crippen MR) is 72.9 cm³/mol. The molecule has 7 nitrogen and oxygen atoms in total. The molecule has 0 spiro atoms. The predicted octanol–water partition coefficient (Wildman–Crippen LogP) is 0.0243. The molecule has 8 heteroatoms. The first-order chi connectivity index (χ1) is 8.79. The van der Waals surface area contributed by atoms with E-state index in [0.29, 0.717) is 5.95 Å². The molecule has 3 rings (SSSR count). The van der Waals surface area contributed by atoms with Crippen LogP contribution < -0.4 is 20.1 Å². The van der Waals surface area contributed by atoms with E-state index in [4.69, 9.17) is 4.74 Å². The molecule has 2 N–H and O–H groups in total. The van der Waals surface area contributed by atoms with Gasteiger partial charge >= 0.3 is 0 Å². The fraction of sp³-hybridized carbons (Fsp3) is 0.600. The highest BCUT2D eigenvalue weighted by molar-refractivity contribution is 7.81. The van der Waals surface area contributed by atoms with Gasteiger partial charge in [-0.25, -0.2) is 5.43 Å². The van der Waals surface area contributed by atoms with Crippen LogP contribution in [-0.4, -0.2) is 43.3 Å². The molecular formula is C10H16N6OS. The Morgan fingerprint density at radius 3 is 2.72 bits per heavy atom. The third-order valence-electron chi connectivity index (χ3n) is 3.18. The molecule has 0 bridgehead atoms. The van der Waals surface area contributed by atoms with Gasteiger partial charge in [0.05, 0.1) is 18.8 Å². The number of ether oxygens (including phenoxy) is 1. The fourth-order valence-electron chi connectivity index (χ4n) is 2.26. The van der Waals surface area contributed by atoms with Crippen LogP contribution in [-0.2, 0) is 11.3 Å². The van der Waals surface area contributed by atoms with Gasteiger partial charge in [-0.2, -0.15) is 9.97 Å². The van der Waals surface area contributed by atoms with E-state index >= 15 is 0 Å². The van der Waals surface area contributed by atoms with Crippen LogP contribution in [0.5, 0.6) is 0 Å². The summed E-state index contributed by atoms with van der Waals surface area (Å²) in [7, 11) is 1.95. The maximum atomic E-state index is 5.38. The number of morpholine rings is 1. The molecule has 1 fully saturated rings. The van der Waals surface area contributed by atoms with E-state index in [0.717, 1.165) is 50.0 Å². The van der Waals surface area contributed by atoms with Crippen molar-refractivity contribution in [3.63, 3.8) is 0 Å². The van der Waals surface area contributed by atoms with Crippen LogP contribution in [0.15, 0.2) is 0 Å². The third-order valence-corrected chi connectivity index (χ3v) is 3.38. The Kier molecular flexibility index (Phi) is 3.14. The number of hydrazine groups is 1. The highest BCUT2D eigenvalue weighted by Crippen LogP contribution is 2.31. The molecule has 0 unspecified atom stereocenters. The van der Waals surface area contributed by atoms with Crippen molar-refractivity contribution in [1.82, 2.24) is 15.4 Å². The SMILES string of the molecule is CN1NCc2c(N3CCOCC3)nc(NS)nc21. The van der Waals surface area contributed by atoms with Crippen molar-refractivity contribution in [3.8, 4) is 0 Å². The quantitative estimate of drug-likeness (QED) is 0.654. The summed E-state index contributed by atoms with van der Waals surface area (Å²) < 4.78 is 8.09. The average molecular weight is 268 g/mol. The minimum atomic E-state index is 0.522. The molecule has 0 aromatic carbocycles. The summed E-state index contributed by atoms with van der Waals surface area (Å²) >= 11 is 4.03. The normalized spacial score (nSPS) is 19.0. The van der Waals surface area contributed by atoms with Gasteiger partial charge in [0.1, 0.15) is 5.82 Å². The molecule has 0 saturated carbocycles. The van der Waals surface area contributed by atoms with Crippen molar-refractivity contribution < 1.29 is 4.74 Å². The highest BCUT2D eigenvalue weighted by Gasteiger charge is 2.26. The van der Waals surface area contributed by atoms with E-state index in [9.17, 15) is 0 Å². The van der Waals surface area contributed by atoms with Gasteiger partial charge in [0, 0.05) is 26.7 Å². The Hall–Kier alpha value is -1.25. The molecule has 0 aliphatic carbocycles. The molecule has 0 atom stereocenters.